The summed E-state index contributed by atoms with van der Waals surface area (Å²) in [6.07, 6.45) is 12.8. The van der Waals surface area contributed by atoms with Gasteiger partial charge >= 0.3 is 0 Å². The predicted molar refractivity (Wildman–Crippen MR) is 126 cm³/mol. The minimum absolute atomic E-state index is 0.0375. The summed E-state index contributed by atoms with van der Waals surface area (Å²) in [5.41, 5.74) is 5.73. The number of anilines is 1. The van der Waals surface area contributed by atoms with Crippen molar-refractivity contribution in [2.75, 3.05) is 18.0 Å². The van der Waals surface area contributed by atoms with Crippen LogP contribution in [0.1, 0.15) is 92.6 Å². The van der Waals surface area contributed by atoms with Crippen molar-refractivity contribution in [3.05, 3.63) is 35.0 Å². The monoisotopic (exact) mass is 447 g/mol. The number of aromatic nitrogens is 6. The number of hydrogen-bond donors (Lipinski definition) is 0. The number of ether oxygens (including phenoxy) is 1. The third-order valence-electron chi connectivity index (χ3n) is 7.41. The number of nitrogens with zero attached hydrogens (tertiary/aromatic N) is 7. The van der Waals surface area contributed by atoms with Crippen LogP contribution in [0.2, 0.25) is 0 Å². The van der Waals surface area contributed by atoms with Crippen LogP contribution < -0.4 is 4.90 Å². The van der Waals surface area contributed by atoms with Crippen molar-refractivity contribution >= 4 is 17.1 Å². The van der Waals surface area contributed by atoms with Gasteiger partial charge in [-0.25, -0.2) is 15.0 Å². The Bertz CT molecular complexity index is 1170. The van der Waals surface area contributed by atoms with E-state index in [4.69, 9.17) is 24.7 Å². The van der Waals surface area contributed by atoms with Crippen LogP contribution in [0.25, 0.3) is 11.2 Å². The zero-order chi connectivity index (χ0) is 22.5. The van der Waals surface area contributed by atoms with E-state index in [2.05, 4.69) is 27.8 Å². The second-order valence-electron chi connectivity index (χ2n) is 10.1. The lowest BCUT2D eigenvalue weighted by molar-refractivity contribution is -0.0179. The highest BCUT2D eigenvalue weighted by atomic mass is 16.5. The molecule has 2 atom stereocenters. The number of fused-ring (bicyclic) bond motifs is 1. The predicted octanol–water partition coefficient (Wildman–Crippen LogP) is 4.58. The normalized spacial score (nSPS) is 24.5. The molecule has 0 amide bonds. The van der Waals surface area contributed by atoms with E-state index in [1.807, 2.05) is 20.0 Å². The topological polar surface area (TPSA) is 81.9 Å². The molecule has 8 heteroatoms. The van der Waals surface area contributed by atoms with Crippen LogP contribution in [-0.2, 0) is 4.74 Å². The average molecular weight is 448 g/mol. The van der Waals surface area contributed by atoms with Crippen molar-refractivity contribution in [3.8, 4) is 0 Å². The molecule has 0 bridgehead atoms. The molecule has 174 valence electrons. The summed E-state index contributed by atoms with van der Waals surface area (Å²) < 4.78 is 8.42. The van der Waals surface area contributed by atoms with E-state index in [0.29, 0.717) is 18.5 Å². The van der Waals surface area contributed by atoms with E-state index in [1.165, 1.54) is 44.9 Å². The number of aryl methyl sites for hydroxylation is 2. The number of morpholine rings is 1. The lowest BCUT2D eigenvalue weighted by Crippen LogP contribution is -2.43. The number of rotatable bonds is 4. The van der Waals surface area contributed by atoms with Crippen LogP contribution in [0.4, 0.5) is 5.95 Å². The van der Waals surface area contributed by atoms with E-state index in [0.717, 1.165) is 46.3 Å². The van der Waals surface area contributed by atoms with Crippen LogP contribution in [0, 0.1) is 13.8 Å². The molecular weight excluding hydrogens is 414 g/mol. The average Bonchev–Trinajstić information content (AvgIpc) is 3.55. The quantitative estimate of drug-likeness (QED) is 0.579. The van der Waals surface area contributed by atoms with E-state index in [9.17, 15) is 0 Å². The van der Waals surface area contributed by atoms with Gasteiger partial charge in [0.25, 0.3) is 0 Å². The highest BCUT2D eigenvalue weighted by Crippen LogP contribution is 2.37. The third kappa shape index (κ3) is 4.09. The molecule has 0 spiro atoms. The first kappa shape index (κ1) is 21.0. The second-order valence-corrected chi connectivity index (χ2v) is 10.1. The van der Waals surface area contributed by atoms with Gasteiger partial charge in [0.15, 0.2) is 5.65 Å². The smallest absolute Gasteiger partial charge is 0.227 e. The SMILES string of the molecule is Cc1nc2nc(N3C[C@@H](c4cnn(C5CC5)c4)O[C@@H](C)C3)nc(C3CCCCC3)c2nc1C. The highest BCUT2D eigenvalue weighted by Gasteiger charge is 2.32. The van der Waals surface area contributed by atoms with Gasteiger partial charge in [0, 0.05) is 24.2 Å². The third-order valence-corrected chi connectivity index (χ3v) is 7.41. The molecule has 6 rings (SSSR count). The maximum Gasteiger partial charge on any atom is 0.227 e. The van der Waals surface area contributed by atoms with Gasteiger partial charge in [-0.1, -0.05) is 19.3 Å². The zero-order valence-corrected chi connectivity index (χ0v) is 19.9. The molecule has 2 saturated carbocycles. The molecule has 3 fully saturated rings. The van der Waals surface area contributed by atoms with Gasteiger partial charge in [-0.15, -0.1) is 0 Å². The maximum atomic E-state index is 6.33. The van der Waals surface area contributed by atoms with Gasteiger partial charge < -0.3 is 9.64 Å². The highest BCUT2D eigenvalue weighted by molar-refractivity contribution is 5.75. The molecule has 0 N–H and O–H groups in total. The van der Waals surface area contributed by atoms with Crippen molar-refractivity contribution in [1.82, 2.24) is 29.7 Å². The number of hydrogen-bond acceptors (Lipinski definition) is 7. The molecule has 3 aromatic rings. The van der Waals surface area contributed by atoms with Crippen molar-refractivity contribution in [2.45, 2.75) is 89.9 Å². The van der Waals surface area contributed by atoms with Crippen LogP contribution in [0.15, 0.2) is 12.4 Å². The summed E-state index contributed by atoms with van der Waals surface area (Å²) in [4.78, 5) is 22.1. The Kier molecular flexibility index (Phi) is 5.28. The van der Waals surface area contributed by atoms with Gasteiger partial charge in [0.2, 0.25) is 5.95 Å². The summed E-state index contributed by atoms with van der Waals surface area (Å²) >= 11 is 0. The van der Waals surface area contributed by atoms with E-state index < -0.39 is 0 Å². The van der Waals surface area contributed by atoms with Crippen LogP contribution in [-0.4, -0.2) is 48.9 Å². The van der Waals surface area contributed by atoms with Gasteiger partial charge in [-0.3, -0.25) is 4.68 Å². The van der Waals surface area contributed by atoms with Crippen molar-refractivity contribution < 1.29 is 4.74 Å². The first-order valence-corrected chi connectivity index (χ1v) is 12.5. The molecule has 0 radical (unpaired) electrons. The molecule has 1 saturated heterocycles. The molecule has 3 aromatic heterocycles. The zero-order valence-electron chi connectivity index (χ0n) is 19.9. The maximum absolute atomic E-state index is 6.33. The molecule has 4 heterocycles. The molecule has 0 unspecified atom stereocenters. The fourth-order valence-electron chi connectivity index (χ4n) is 5.28. The summed E-state index contributed by atoms with van der Waals surface area (Å²) in [5.74, 6) is 1.20. The van der Waals surface area contributed by atoms with Crippen molar-refractivity contribution in [2.24, 2.45) is 0 Å². The fraction of sp³-hybridized carbons (Fsp3) is 0.640. The van der Waals surface area contributed by atoms with Crippen LogP contribution in [0.5, 0.6) is 0 Å². The molecule has 1 aliphatic heterocycles. The van der Waals surface area contributed by atoms with Crippen LogP contribution >= 0.6 is 0 Å². The standard InChI is InChI=1S/C25H33N7O/c1-15-12-31(14-21(33-15)19-11-26-32(13-19)20-9-10-20)25-29-22(18-7-5-4-6-8-18)23-24(30-25)28-17(3)16(2)27-23/h11,13,15,18,20-21H,4-10,12,14H2,1-3H3/t15-,21-/m0/s1. The summed E-state index contributed by atoms with van der Waals surface area (Å²) in [6.45, 7) is 7.64. The Balaban J connectivity index is 1.37. The Morgan fingerprint density at radius 2 is 1.70 bits per heavy atom. The minimum atomic E-state index is -0.0375. The Morgan fingerprint density at radius 3 is 2.48 bits per heavy atom. The van der Waals surface area contributed by atoms with Crippen molar-refractivity contribution in [3.63, 3.8) is 0 Å². The second kappa shape index (κ2) is 8.31. The van der Waals surface area contributed by atoms with Gasteiger partial charge in [-0.05, 0) is 46.5 Å². The first-order chi connectivity index (χ1) is 16.0. The van der Waals surface area contributed by atoms with Crippen molar-refractivity contribution in [1.29, 1.82) is 0 Å². The molecule has 33 heavy (non-hydrogen) atoms. The molecule has 2 aliphatic carbocycles. The molecule has 8 nitrogen and oxygen atoms in total. The van der Waals surface area contributed by atoms with Crippen LogP contribution in [0.3, 0.4) is 0 Å². The Hall–Kier alpha value is -2.61. The summed E-state index contributed by atoms with van der Waals surface area (Å²) in [6, 6.07) is 0.572. The van der Waals surface area contributed by atoms with E-state index in [-0.39, 0.29) is 12.2 Å². The van der Waals surface area contributed by atoms with Gasteiger partial charge in [-0.2, -0.15) is 10.1 Å². The fourth-order valence-corrected chi connectivity index (χ4v) is 5.28. The lowest BCUT2D eigenvalue weighted by atomic mass is 9.86. The minimum Gasteiger partial charge on any atom is -0.367 e. The van der Waals surface area contributed by atoms with E-state index in [1.54, 1.807) is 0 Å². The summed E-state index contributed by atoms with van der Waals surface area (Å²) in [5, 5.41) is 4.58. The molecule has 3 aliphatic rings. The van der Waals surface area contributed by atoms with Gasteiger partial charge in [0.1, 0.15) is 11.6 Å². The lowest BCUT2D eigenvalue weighted by Gasteiger charge is -2.37. The molecule has 0 aromatic carbocycles. The van der Waals surface area contributed by atoms with E-state index >= 15 is 0 Å². The Labute approximate surface area is 194 Å². The van der Waals surface area contributed by atoms with Gasteiger partial charge in [0.05, 0.1) is 42.0 Å². The summed E-state index contributed by atoms with van der Waals surface area (Å²) in [7, 11) is 0. The Morgan fingerprint density at radius 1 is 0.909 bits per heavy atom. The first-order valence-electron chi connectivity index (χ1n) is 12.5. The molecular formula is C25H33N7O. The largest absolute Gasteiger partial charge is 0.367 e.